The van der Waals surface area contributed by atoms with Crippen molar-refractivity contribution in [2.24, 2.45) is 0 Å². The summed E-state index contributed by atoms with van der Waals surface area (Å²) in [6.45, 7) is 1.28. The highest BCUT2D eigenvalue weighted by Gasteiger charge is 2.22. The number of carbonyl (C=O) groups is 1. The van der Waals surface area contributed by atoms with Crippen LogP contribution in [0.15, 0.2) is 9.59 Å². The van der Waals surface area contributed by atoms with Crippen molar-refractivity contribution < 1.29 is 14.3 Å². The number of rotatable bonds is 2. The number of aromatic amines is 1. The maximum absolute atomic E-state index is 13.0. The third-order valence-electron chi connectivity index (χ3n) is 2.08. The van der Waals surface area contributed by atoms with Gasteiger partial charge in [0.15, 0.2) is 0 Å². The van der Waals surface area contributed by atoms with Crippen LogP contribution in [0, 0.1) is 5.82 Å². The van der Waals surface area contributed by atoms with E-state index in [1.54, 1.807) is 4.98 Å². The largest absolute Gasteiger partial charge is 0.492 e. The lowest BCUT2D eigenvalue weighted by Crippen LogP contribution is -2.38. The average molecular weight is 231 g/mol. The van der Waals surface area contributed by atoms with E-state index in [0.29, 0.717) is 4.57 Å². The lowest BCUT2D eigenvalue weighted by atomic mass is 10.3. The molecule has 7 nitrogen and oxygen atoms in total. The van der Waals surface area contributed by atoms with Gasteiger partial charge in [-0.1, -0.05) is 0 Å². The predicted molar refractivity (Wildman–Crippen MR) is 51.7 cm³/mol. The van der Waals surface area contributed by atoms with Crippen molar-refractivity contribution in [3.8, 4) is 5.88 Å². The average Bonchev–Trinajstić information content (AvgIpc) is 2.24. The van der Waals surface area contributed by atoms with Crippen LogP contribution in [-0.4, -0.2) is 27.6 Å². The molecule has 0 saturated heterocycles. The number of aromatic nitrogens is 2. The molecule has 0 aliphatic heterocycles. The first kappa shape index (κ1) is 12.0. The molecule has 1 aromatic rings. The van der Waals surface area contributed by atoms with Gasteiger partial charge < -0.3 is 10.4 Å². The Morgan fingerprint density at radius 1 is 1.56 bits per heavy atom. The van der Waals surface area contributed by atoms with Gasteiger partial charge in [0.25, 0.3) is 5.56 Å². The van der Waals surface area contributed by atoms with Crippen LogP contribution in [0.25, 0.3) is 0 Å². The fourth-order valence-corrected chi connectivity index (χ4v) is 1.20. The monoisotopic (exact) mass is 231 g/mol. The summed E-state index contributed by atoms with van der Waals surface area (Å²) in [7, 11) is 1.32. The van der Waals surface area contributed by atoms with Crippen LogP contribution in [0.1, 0.15) is 13.0 Å². The fourth-order valence-electron chi connectivity index (χ4n) is 1.20. The molecule has 1 unspecified atom stereocenters. The normalized spacial score (nSPS) is 12.2. The Morgan fingerprint density at radius 2 is 2.12 bits per heavy atom. The maximum Gasteiger partial charge on any atom is 0.332 e. The third kappa shape index (κ3) is 1.81. The summed E-state index contributed by atoms with van der Waals surface area (Å²) in [5.74, 6) is -3.27. The number of hydrogen-bond donors (Lipinski definition) is 3. The minimum Gasteiger partial charge on any atom is -0.492 e. The third-order valence-corrected chi connectivity index (χ3v) is 2.08. The second kappa shape index (κ2) is 4.17. The van der Waals surface area contributed by atoms with Crippen LogP contribution in [0.2, 0.25) is 0 Å². The number of likely N-dealkylation sites (N-methyl/N-ethyl adjacent to an activating group) is 1. The van der Waals surface area contributed by atoms with Crippen molar-refractivity contribution in [1.29, 1.82) is 0 Å². The molecule has 1 atom stereocenters. The molecule has 1 amide bonds. The molecule has 0 radical (unpaired) electrons. The van der Waals surface area contributed by atoms with E-state index in [1.807, 2.05) is 0 Å². The predicted octanol–water partition coefficient (Wildman–Crippen LogP) is -1.31. The first-order chi connectivity index (χ1) is 7.40. The lowest BCUT2D eigenvalue weighted by Gasteiger charge is -2.14. The molecule has 0 aromatic carbocycles. The van der Waals surface area contributed by atoms with Gasteiger partial charge in [-0.2, -0.15) is 4.39 Å². The highest BCUT2D eigenvalue weighted by molar-refractivity contribution is 5.79. The minimum atomic E-state index is -1.50. The van der Waals surface area contributed by atoms with Crippen LogP contribution in [0.4, 0.5) is 4.39 Å². The van der Waals surface area contributed by atoms with Crippen molar-refractivity contribution in [2.75, 3.05) is 7.05 Å². The molecule has 0 bridgehead atoms. The van der Waals surface area contributed by atoms with Gasteiger partial charge in [0.1, 0.15) is 6.04 Å². The summed E-state index contributed by atoms with van der Waals surface area (Å²) >= 11 is 0. The lowest BCUT2D eigenvalue weighted by molar-refractivity contribution is -0.123. The zero-order valence-electron chi connectivity index (χ0n) is 8.57. The fraction of sp³-hybridized carbons (Fsp3) is 0.375. The summed E-state index contributed by atoms with van der Waals surface area (Å²) in [6.07, 6.45) is 0. The Morgan fingerprint density at radius 3 is 2.62 bits per heavy atom. The standard InChI is InChI=1S/C8H10FN3O4/c1-3(5(13)10-2)12-7(15)4(9)6(14)11-8(12)16/h3,15H,1-2H3,(H,10,13)(H,11,14,16). The van der Waals surface area contributed by atoms with Crippen LogP contribution in [0.5, 0.6) is 5.88 Å². The zero-order chi connectivity index (χ0) is 12.5. The SMILES string of the molecule is CNC(=O)C(C)n1c(O)c(F)c(=O)[nH]c1=O. The second-order valence-corrected chi connectivity index (χ2v) is 3.06. The molecule has 1 heterocycles. The Balaban J connectivity index is 3.46. The Kier molecular flexibility index (Phi) is 3.11. The Labute approximate surface area is 88.5 Å². The number of carbonyl (C=O) groups excluding carboxylic acids is 1. The number of halogens is 1. The molecule has 0 spiro atoms. The second-order valence-electron chi connectivity index (χ2n) is 3.06. The Bertz CT molecular complexity index is 533. The number of H-pyrrole nitrogens is 1. The molecular weight excluding hydrogens is 221 g/mol. The van der Waals surface area contributed by atoms with E-state index in [9.17, 15) is 23.9 Å². The molecule has 3 N–H and O–H groups in total. The molecular formula is C8H10FN3O4. The molecule has 88 valence electrons. The summed E-state index contributed by atoms with van der Waals surface area (Å²) in [4.78, 5) is 34.9. The van der Waals surface area contributed by atoms with Crippen molar-refractivity contribution >= 4 is 5.91 Å². The number of aromatic hydroxyl groups is 1. The molecule has 1 aromatic heterocycles. The van der Waals surface area contributed by atoms with Crippen LogP contribution in [0.3, 0.4) is 0 Å². The van der Waals surface area contributed by atoms with Gasteiger partial charge in [-0.25, -0.2) is 9.36 Å². The van der Waals surface area contributed by atoms with E-state index in [-0.39, 0.29) is 0 Å². The molecule has 1 rings (SSSR count). The van der Waals surface area contributed by atoms with E-state index in [2.05, 4.69) is 5.32 Å². The van der Waals surface area contributed by atoms with Crippen LogP contribution in [-0.2, 0) is 4.79 Å². The molecule has 0 aliphatic rings. The van der Waals surface area contributed by atoms with Crippen molar-refractivity contribution in [3.05, 3.63) is 26.7 Å². The number of nitrogens with zero attached hydrogens (tertiary/aromatic N) is 1. The number of nitrogens with one attached hydrogen (secondary N) is 2. The van der Waals surface area contributed by atoms with Gasteiger partial charge >= 0.3 is 5.69 Å². The summed E-state index contributed by atoms with van der Waals surface area (Å²) in [5.41, 5.74) is -2.39. The zero-order valence-corrected chi connectivity index (χ0v) is 8.57. The van der Waals surface area contributed by atoms with Gasteiger partial charge in [-0.05, 0) is 6.92 Å². The quantitative estimate of drug-likeness (QED) is 0.587. The first-order valence-electron chi connectivity index (χ1n) is 4.35. The number of amides is 1. The molecule has 0 fully saturated rings. The van der Waals surface area contributed by atoms with Gasteiger partial charge in [0, 0.05) is 7.05 Å². The van der Waals surface area contributed by atoms with E-state index in [1.165, 1.54) is 14.0 Å². The molecule has 16 heavy (non-hydrogen) atoms. The van der Waals surface area contributed by atoms with E-state index in [4.69, 9.17) is 0 Å². The summed E-state index contributed by atoms with van der Waals surface area (Å²) < 4.78 is 13.5. The molecule has 0 saturated carbocycles. The van der Waals surface area contributed by atoms with Crippen molar-refractivity contribution in [3.63, 3.8) is 0 Å². The number of hydrogen-bond acceptors (Lipinski definition) is 4. The first-order valence-corrected chi connectivity index (χ1v) is 4.35. The van der Waals surface area contributed by atoms with E-state index >= 15 is 0 Å². The maximum atomic E-state index is 13.0. The van der Waals surface area contributed by atoms with Crippen molar-refractivity contribution in [1.82, 2.24) is 14.9 Å². The van der Waals surface area contributed by atoms with Gasteiger partial charge in [-0.15, -0.1) is 0 Å². The molecule has 8 heteroatoms. The van der Waals surface area contributed by atoms with Crippen LogP contribution < -0.4 is 16.6 Å². The summed E-state index contributed by atoms with van der Waals surface area (Å²) in [6, 6.07) is -1.14. The van der Waals surface area contributed by atoms with Crippen LogP contribution >= 0.6 is 0 Å². The highest BCUT2D eigenvalue weighted by atomic mass is 19.1. The van der Waals surface area contributed by atoms with Crippen molar-refractivity contribution in [2.45, 2.75) is 13.0 Å². The van der Waals surface area contributed by atoms with Gasteiger partial charge in [0.05, 0.1) is 0 Å². The smallest absolute Gasteiger partial charge is 0.332 e. The topological polar surface area (TPSA) is 104 Å². The van der Waals surface area contributed by atoms with E-state index < -0.39 is 34.9 Å². The van der Waals surface area contributed by atoms with Gasteiger partial charge in [0.2, 0.25) is 17.6 Å². The highest BCUT2D eigenvalue weighted by Crippen LogP contribution is 2.13. The Hall–Kier alpha value is -2.12. The van der Waals surface area contributed by atoms with E-state index in [0.717, 1.165) is 0 Å². The minimum absolute atomic E-state index is 0.454. The summed E-state index contributed by atoms with van der Waals surface area (Å²) in [5, 5.41) is 11.5. The van der Waals surface area contributed by atoms with Gasteiger partial charge in [-0.3, -0.25) is 14.6 Å². The molecule has 0 aliphatic carbocycles.